The Bertz CT molecular complexity index is 1040. The SMILES string of the molecule is Cc1c(C(=O)NCc2ccco2)cccc1-n1nnc2cccnc21. The van der Waals surface area contributed by atoms with Crippen LogP contribution in [0.15, 0.2) is 59.3 Å². The molecule has 3 heterocycles. The summed E-state index contributed by atoms with van der Waals surface area (Å²) in [4.78, 5) is 16.9. The summed E-state index contributed by atoms with van der Waals surface area (Å²) in [5.41, 5.74) is 3.50. The Morgan fingerprint density at radius 3 is 2.96 bits per heavy atom. The van der Waals surface area contributed by atoms with Gasteiger partial charge >= 0.3 is 0 Å². The van der Waals surface area contributed by atoms with Crippen molar-refractivity contribution < 1.29 is 9.21 Å². The molecule has 0 bridgehead atoms. The maximum absolute atomic E-state index is 12.5. The number of nitrogens with one attached hydrogen (secondary N) is 1. The van der Waals surface area contributed by atoms with Crippen molar-refractivity contribution in [3.05, 3.63) is 71.8 Å². The Labute approximate surface area is 143 Å². The first-order valence-corrected chi connectivity index (χ1v) is 7.81. The number of fused-ring (bicyclic) bond motifs is 1. The standard InChI is InChI=1S/C18H15N5O2/c1-12-14(18(24)20-11-13-5-4-10-25-13)6-2-8-16(12)23-17-15(21-22-23)7-3-9-19-17/h2-10H,11H2,1H3,(H,20,24). The van der Waals surface area contributed by atoms with Gasteiger partial charge in [0.15, 0.2) is 5.65 Å². The lowest BCUT2D eigenvalue weighted by molar-refractivity contribution is 0.0947. The van der Waals surface area contributed by atoms with Crippen molar-refractivity contribution in [1.82, 2.24) is 25.3 Å². The van der Waals surface area contributed by atoms with E-state index in [1.54, 1.807) is 29.3 Å². The second kappa shape index (κ2) is 6.20. The van der Waals surface area contributed by atoms with Crippen LogP contribution >= 0.6 is 0 Å². The molecule has 4 rings (SSSR count). The molecule has 0 spiro atoms. The summed E-state index contributed by atoms with van der Waals surface area (Å²) < 4.78 is 6.88. The van der Waals surface area contributed by atoms with Gasteiger partial charge in [0.05, 0.1) is 18.5 Å². The number of carbonyl (C=O) groups excluding carboxylic acids is 1. The maximum Gasteiger partial charge on any atom is 0.252 e. The van der Waals surface area contributed by atoms with Gasteiger partial charge in [0.25, 0.3) is 5.91 Å². The molecule has 1 aromatic carbocycles. The van der Waals surface area contributed by atoms with Gasteiger partial charge in [-0.2, -0.15) is 4.68 Å². The molecule has 0 saturated heterocycles. The number of benzene rings is 1. The van der Waals surface area contributed by atoms with E-state index in [1.165, 1.54) is 0 Å². The molecule has 25 heavy (non-hydrogen) atoms. The minimum atomic E-state index is -0.173. The van der Waals surface area contributed by atoms with Crippen molar-refractivity contribution in [2.75, 3.05) is 0 Å². The number of aromatic nitrogens is 4. The minimum absolute atomic E-state index is 0.173. The summed E-state index contributed by atoms with van der Waals surface area (Å²) in [6.07, 6.45) is 3.27. The van der Waals surface area contributed by atoms with Crippen LogP contribution in [0.3, 0.4) is 0 Å². The molecule has 0 fully saturated rings. The highest BCUT2D eigenvalue weighted by Gasteiger charge is 2.15. The van der Waals surface area contributed by atoms with Crippen LogP contribution in [-0.2, 0) is 6.54 Å². The Morgan fingerprint density at radius 1 is 1.20 bits per heavy atom. The predicted octanol–water partition coefficient (Wildman–Crippen LogP) is 2.65. The summed E-state index contributed by atoms with van der Waals surface area (Å²) in [6, 6.07) is 12.8. The van der Waals surface area contributed by atoms with Crippen LogP contribution in [0.4, 0.5) is 0 Å². The summed E-state index contributed by atoms with van der Waals surface area (Å²) in [5.74, 6) is 0.529. The molecule has 3 aromatic heterocycles. The highest BCUT2D eigenvalue weighted by atomic mass is 16.3. The van der Waals surface area contributed by atoms with E-state index < -0.39 is 0 Å². The number of furan rings is 1. The first-order valence-electron chi connectivity index (χ1n) is 7.81. The van der Waals surface area contributed by atoms with E-state index >= 15 is 0 Å². The number of hydrogen-bond acceptors (Lipinski definition) is 5. The number of hydrogen-bond donors (Lipinski definition) is 1. The lowest BCUT2D eigenvalue weighted by atomic mass is 10.1. The molecule has 0 radical (unpaired) electrons. The summed E-state index contributed by atoms with van der Waals surface area (Å²) in [7, 11) is 0. The predicted molar refractivity (Wildman–Crippen MR) is 91.3 cm³/mol. The van der Waals surface area contributed by atoms with Gasteiger partial charge in [-0.15, -0.1) is 5.10 Å². The van der Waals surface area contributed by atoms with E-state index in [0.29, 0.717) is 29.0 Å². The van der Waals surface area contributed by atoms with Crippen LogP contribution in [-0.4, -0.2) is 25.9 Å². The molecule has 0 atom stereocenters. The van der Waals surface area contributed by atoms with E-state index in [9.17, 15) is 4.79 Å². The average molecular weight is 333 g/mol. The largest absolute Gasteiger partial charge is 0.467 e. The van der Waals surface area contributed by atoms with Gasteiger partial charge in [-0.25, -0.2) is 4.98 Å². The van der Waals surface area contributed by atoms with Crippen molar-refractivity contribution in [2.24, 2.45) is 0 Å². The van der Waals surface area contributed by atoms with Gasteiger partial charge in [-0.05, 0) is 48.9 Å². The van der Waals surface area contributed by atoms with E-state index in [2.05, 4.69) is 20.6 Å². The zero-order valence-corrected chi connectivity index (χ0v) is 13.5. The van der Waals surface area contributed by atoms with Crippen LogP contribution in [0, 0.1) is 6.92 Å². The van der Waals surface area contributed by atoms with Crippen molar-refractivity contribution in [3.63, 3.8) is 0 Å². The highest BCUT2D eigenvalue weighted by Crippen LogP contribution is 2.20. The zero-order chi connectivity index (χ0) is 17.2. The molecule has 0 aliphatic rings. The Morgan fingerprint density at radius 2 is 2.12 bits per heavy atom. The van der Waals surface area contributed by atoms with Crippen LogP contribution in [0.2, 0.25) is 0 Å². The van der Waals surface area contributed by atoms with Gasteiger partial charge in [-0.1, -0.05) is 11.3 Å². The van der Waals surface area contributed by atoms with Crippen LogP contribution in [0.25, 0.3) is 16.9 Å². The molecule has 0 aliphatic carbocycles. The van der Waals surface area contributed by atoms with Crippen molar-refractivity contribution in [2.45, 2.75) is 13.5 Å². The number of nitrogens with zero attached hydrogens (tertiary/aromatic N) is 4. The Hall–Kier alpha value is -3.48. The molecule has 1 N–H and O–H groups in total. The van der Waals surface area contributed by atoms with Crippen molar-refractivity contribution in [3.8, 4) is 5.69 Å². The fourth-order valence-electron chi connectivity index (χ4n) is 2.70. The third-order valence-electron chi connectivity index (χ3n) is 3.99. The lowest BCUT2D eigenvalue weighted by Crippen LogP contribution is -2.23. The topological polar surface area (TPSA) is 85.8 Å². The van der Waals surface area contributed by atoms with Gasteiger partial charge < -0.3 is 9.73 Å². The first kappa shape index (κ1) is 15.1. The second-order valence-corrected chi connectivity index (χ2v) is 5.56. The molecule has 0 saturated carbocycles. The molecule has 7 nitrogen and oxygen atoms in total. The van der Waals surface area contributed by atoms with Crippen molar-refractivity contribution >= 4 is 17.1 Å². The van der Waals surface area contributed by atoms with Crippen LogP contribution < -0.4 is 5.32 Å². The quantitative estimate of drug-likeness (QED) is 0.620. The first-order chi connectivity index (χ1) is 12.2. The smallest absolute Gasteiger partial charge is 0.252 e. The van der Waals surface area contributed by atoms with E-state index in [4.69, 9.17) is 4.42 Å². The lowest BCUT2D eigenvalue weighted by Gasteiger charge is -2.11. The molecule has 0 unspecified atom stereocenters. The molecule has 4 aromatic rings. The van der Waals surface area contributed by atoms with E-state index in [0.717, 1.165) is 11.3 Å². The zero-order valence-electron chi connectivity index (χ0n) is 13.5. The Balaban J connectivity index is 1.67. The number of pyridine rings is 1. The summed E-state index contributed by atoms with van der Waals surface area (Å²) in [5, 5.41) is 11.1. The third-order valence-corrected chi connectivity index (χ3v) is 3.99. The summed E-state index contributed by atoms with van der Waals surface area (Å²) >= 11 is 0. The summed E-state index contributed by atoms with van der Waals surface area (Å²) in [6.45, 7) is 2.22. The number of carbonyl (C=O) groups is 1. The molecular formula is C18H15N5O2. The highest BCUT2D eigenvalue weighted by molar-refractivity contribution is 5.96. The Kier molecular flexibility index (Phi) is 3.74. The second-order valence-electron chi connectivity index (χ2n) is 5.56. The molecule has 0 aliphatic heterocycles. The van der Waals surface area contributed by atoms with Crippen LogP contribution in [0.1, 0.15) is 21.7 Å². The van der Waals surface area contributed by atoms with E-state index in [-0.39, 0.29) is 5.91 Å². The molecule has 7 heteroatoms. The number of amides is 1. The maximum atomic E-state index is 12.5. The molecular weight excluding hydrogens is 318 g/mol. The fraction of sp³-hybridized carbons (Fsp3) is 0.111. The van der Waals surface area contributed by atoms with Gasteiger partial charge in [0.2, 0.25) is 0 Å². The monoisotopic (exact) mass is 333 g/mol. The van der Waals surface area contributed by atoms with Gasteiger partial charge in [0, 0.05) is 11.8 Å². The normalized spacial score (nSPS) is 10.9. The third kappa shape index (κ3) is 2.76. The van der Waals surface area contributed by atoms with Crippen LogP contribution in [0.5, 0.6) is 0 Å². The van der Waals surface area contributed by atoms with Gasteiger partial charge in [0.1, 0.15) is 11.3 Å². The van der Waals surface area contributed by atoms with Gasteiger partial charge in [-0.3, -0.25) is 4.79 Å². The van der Waals surface area contributed by atoms with E-state index in [1.807, 2.05) is 37.3 Å². The average Bonchev–Trinajstić information content (AvgIpc) is 3.29. The van der Waals surface area contributed by atoms with Crippen molar-refractivity contribution in [1.29, 1.82) is 0 Å². The molecule has 124 valence electrons. The fourth-order valence-corrected chi connectivity index (χ4v) is 2.70. The minimum Gasteiger partial charge on any atom is -0.467 e. The molecule has 1 amide bonds. The number of rotatable bonds is 4.